The quantitative estimate of drug-likeness (QED) is 0.274. The number of nitrogens with one attached hydrogen (secondary N) is 1. The lowest BCUT2D eigenvalue weighted by Crippen LogP contribution is -2.47. The van der Waals surface area contributed by atoms with Gasteiger partial charge in [-0.15, -0.1) is 0 Å². The molecular formula is C24H19ClF5N3O2. The number of carbonyl (C=O) groups is 1. The van der Waals surface area contributed by atoms with Crippen LogP contribution in [-0.4, -0.2) is 39.2 Å². The van der Waals surface area contributed by atoms with Crippen LogP contribution in [0.5, 0.6) is 5.75 Å². The van der Waals surface area contributed by atoms with Crippen molar-refractivity contribution in [1.29, 1.82) is 0 Å². The smallest absolute Gasteiger partial charge is 0.255 e. The molecule has 0 unspecified atom stereocenters. The first-order chi connectivity index (χ1) is 16.7. The summed E-state index contributed by atoms with van der Waals surface area (Å²) in [6, 6.07) is 11.6. The zero-order chi connectivity index (χ0) is 25.3. The molecule has 11 heteroatoms. The molecule has 35 heavy (non-hydrogen) atoms. The number of amides is 1. The van der Waals surface area contributed by atoms with E-state index in [0.29, 0.717) is 22.0 Å². The Morgan fingerprint density at radius 2 is 1.37 bits per heavy atom. The fraction of sp³-hybridized carbons (Fsp3) is 0.208. The molecule has 1 fully saturated rings. The third-order valence-electron chi connectivity index (χ3n) is 5.69. The van der Waals surface area contributed by atoms with Gasteiger partial charge in [-0.2, -0.15) is 0 Å². The van der Waals surface area contributed by atoms with E-state index in [4.69, 9.17) is 16.3 Å². The standard InChI is InChI=1S/C24H19ClF5N3O2/c1-35-17-7-2-13(12-16(17)25)24(34)31-14-3-5-15(6-4-14)32-8-10-33(11-9-32)23-21(29)19(27)18(26)20(28)22(23)30/h2-7,12H,8-11H2,1H3,(H,31,34). The van der Waals surface area contributed by atoms with Crippen LogP contribution in [0.15, 0.2) is 42.5 Å². The maximum Gasteiger partial charge on any atom is 0.255 e. The van der Waals surface area contributed by atoms with Crippen LogP contribution in [0, 0.1) is 29.1 Å². The molecule has 5 nitrogen and oxygen atoms in total. The summed E-state index contributed by atoms with van der Waals surface area (Å²) in [5.74, 6) is -9.69. The van der Waals surface area contributed by atoms with Gasteiger partial charge in [0.1, 0.15) is 11.4 Å². The Labute approximate surface area is 202 Å². The topological polar surface area (TPSA) is 44.8 Å². The number of nitrogens with zero attached hydrogens (tertiary/aromatic N) is 2. The molecule has 3 aromatic carbocycles. The minimum Gasteiger partial charge on any atom is -0.495 e. The summed E-state index contributed by atoms with van der Waals surface area (Å²) in [6.45, 7) is 0.676. The molecule has 0 bridgehead atoms. The minimum absolute atomic E-state index is 0.0507. The predicted octanol–water partition coefficient (Wildman–Crippen LogP) is 5.62. The summed E-state index contributed by atoms with van der Waals surface area (Å²) < 4.78 is 73.7. The van der Waals surface area contributed by atoms with Crippen LogP contribution in [0.1, 0.15) is 10.4 Å². The van der Waals surface area contributed by atoms with Gasteiger partial charge in [-0.3, -0.25) is 4.79 Å². The van der Waals surface area contributed by atoms with E-state index in [1.54, 1.807) is 36.4 Å². The average molecular weight is 512 g/mol. The third-order valence-corrected chi connectivity index (χ3v) is 5.98. The lowest BCUT2D eigenvalue weighted by molar-refractivity contribution is 0.102. The first kappa shape index (κ1) is 24.6. The van der Waals surface area contributed by atoms with Gasteiger partial charge in [-0.05, 0) is 42.5 Å². The molecule has 4 rings (SSSR count). The number of benzene rings is 3. The zero-order valence-corrected chi connectivity index (χ0v) is 19.1. The maximum atomic E-state index is 14.1. The lowest BCUT2D eigenvalue weighted by Gasteiger charge is -2.37. The molecular weight excluding hydrogens is 493 g/mol. The number of hydrogen-bond donors (Lipinski definition) is 1. The summed E-state index contributed by atoms with van der Waals surface area (Å²) in [5, 5.41) is 3.07. The third kappa shape index (κ3) is 4.84. The van der Waals surface area contributed by atoms with Crippen LogP contribution in [0.3, 0.4) is 0 Å². The van der Waals surface area contributed by atoms with Gasteiger partial charge in [0.2, 0.25) is 5.82 Å². The molecule has 1 N–H and O–H groups in total. The SMILES string of the molecule is COc1ccc(C(=O)Nc2ccc(N3CCN(c4c(F)c(F)c(F)c(F)c4F)CC3)cc2)cc1Cl. The number of anilines is 3. The molecule has 0 aromatic heterocycles. The van der Waals surface area contributed by atoms with Crippen molar-refractivity contribution in [3.05, 3.63) is 82.1 Å². The van der Waals surface area contributed by atoms with Crippen molar-refractivity contribution >= 4 is 34.6 Å². The van der Waals surface area contributed by atoms with Gasteiger partial charge in [-0.25, -0.2) is 22.0 Å². The summed E-state index contributed by atoms with van der Waals surface area (Å²) in [5.41, 5.74) is 0.736. The second-order valence-corrected chi connectivity index (χ2v) is 8.15. The Morgan fingerprint density at radius 1 is 0.829 bits per heavy atom. The van der Waals surface area contributed by atoms with Crippen molar-refractivity contribution in [1.82, 2.24) is 0 Å². The van der Waals surface area contributed by atoms with Crippen LogP contribution in [0.4, 0.5) is 39.0 Å². The second kappa shape index (κ2) is 9.99. The van der Waals surface area contributed by atoms with E-state index in [1.165, 1.54) is 13.2 Å². The van der Waals surface area contributed by atoms with Gasteiger partial charge >= 0.3 is 0 Å². The van der Waals surface area contributed by atoms with E-state index in [2.05, 4.69) is 5.32 Å². The number of carbonyl (C=O) groups excluding carboxylic acids is 1. The van der Waals surface area contributed by atoms with E-state index >= 15 is 0 Å². The fourth-order valence-corrected chi connectivity index (χ4v) is 4.08. The number of methoxy groups -OCH3 is 1. The molecule has 0 spiro atoms. The predicted molar refractivity (Wildman–Crippen MR) is 123 cm³/mol. The monoisotopic (exact) mass is 511 g/mol. The van der Waals surface area contributed by atoms with Crippen molar-refractivity contribution in [2.45, 2.75) is 0 Å². The molecule has 0 saturated carbocycles. The Hall–Kier alpha value is -3.53. The van der Waals surface area contributed by atoms with E-state index in [-0.39, 0.29) is 32.1 Å². The lowest BCUT2D eigenvalue weighted by atomic mass is 10.1. The largest absolute Gasteiger partial charge is 0.495 e. The zero-order valence-electron chi connectivity index (χ0n) is 18.3. The molecule has 1 saturated heterocycles. The van der Waals surface area contributed by atoms with Crippen molar-refractivity contribution < 1.29 is 31.5 Å². The highest BCUT2D eigenvalue weighted by molar-refractivity contribution is 6.32. The number of hydrogen-bond acceptors (Lipinski definition) is 4. The Bertz CT molecular complexity index is 1240. The number of ether oxygens (including phenoxy) is 1. The first-order valence-corrected chi connectivity index (χ1v) is 10.8. The molecule has 1 heterocycles. The van der Waals surface area contributed by atoms with Gasteiger partial charge in [-0.1, -0.05) is 11.6 Å². The molecule has 1 aliphatic heterocycles. The van der Waals surface area contributed by atoms with E-state index in [1.807, 2.05) is 4.90 Å². The Balaban J connectivity index is 1.40. The van der Waals surface area contributed by atoms with Crippen LogP contribution in [0.2, 0.25) is 5.02 Å². The van der Waals surface area contributed by atoms with Gasteiger partial charge < -0.3 is 19.9 Å². The molecule has 184 valence electrons. The molecule has 1 aliphatic rings. The van der Waals surface area contributed by atoms with Crippen LogP contribution >= 0.6 is 11.6 Å². The average Bonchev–Trinajstić information content (AvgIpc) is 2.87. The molecule has 0 atom stereocenters. The highest BCUT2D eigenvalue weighted by Gasteiger charge is 2.30. The number of halogens is 6. The summed E-state index contributed by atoms with van der Waals surface area (Å²) >= 11 is 6.06. The highest BCUT2D eigenvalue weighted by atomic mass is 35.5. The summed E-state index contributed by atoms with van der Waals surface area (Å²) in [6.07, 6.45) is 0. The minimum atomic E-state index is -2.18. The van der Waals surface area contributed by atoms with Crippen molar-refractivity contribution in [2.75, 3.05) is 48.4 Å². The van der Waals surface area contributed by atoms with Gasteiger partial charge in [0, 0.05) is 43.1 Å². The van der Waals surface area contributed by atoms with Gasteiger partial charge in [0.15, 0.2) is 23.3 Å². The van der Waals surface area contributed by atoms with Crippen LogP contribution in [-0.2, 0) is 0 Å². The first-order valence-electron chi connectivity index (χ1n) is 10.5. The van der Waals surface area contributed by atoms with Gasteiger partial charge in [0.25, 0.3) is 5.91 Å². The van der Waals surface area contributed by atoms with Crippen molar-refractivity contribution in [2.24, 2.45) is 0 Å². The summed E-state index contributed by atoms with van der Waals surface area (Å²) in [4.78, 5) is 15.5. The Kier molecular flexibility index (Phi) is 7.02. The molecule has 1 amide bonds. The van der Waals surface area contributed by atoms with Crippen LogP contribution in [0.25, 0.3) is 0 Å². The van der Waals surface area contributed by atoms with Crippen LogP contribution < -0.4 is 19.9 Å². The van der Waals surface area contributed by atoms with E-state index in [9.17, 15) is 26.7 Å². The number of rotatable bonds is 5. The Morgan fingerprint density at radius 3 is 1.91 bits per heavy atom. The maximum absolute atomic E-state index is 14.1. The van der Waals surface area contributed by atoms with Gasteiger partial charge in [0.05, 0.1) is 12.1 Å². The van der Waals surface area contributed by atoms with Crippen molar-refractivity contribution in [3.8, 4) is 5.75 Å². The number of piperazine rings is 1. The normalized spacial score (nSPS) is 13.7. The molecule has 0 aliphatic carbocycles. The molecule has 3 aromatic rings. The molecule has 0 radical (unpaired) electrons. The fourth-order valence-electron chi connectivity index (χ4n) is 3.83. The van der Waals surface area contributed by atoms with E-state index in [0.717, 1.165) is 10.6 Å². The van der Waals surface area contributed by atoms with Crippen molar-refractivity contribution in [3.63, 3.8) is 0 Å². The van der Waals surface area contributed by atoms with E-state index < -0.39 is 34.8 Å². The highest BCUT2D eigenvalue weighted by Crippen LogP contribution is 2.32. The second-order valence-electron chi connectivity index (χ2n) is 7.74. The summed E-state index contributed by atoms with van der Waals surface area (Å²) in [7, 11) is 1.47.